The fourth-order valence-electron chi connectivity index (χ4n) is 4.04. The van der Waals surface area contributed by atoms with E-state index in [2.05, 4.69) is 13.8 Å². The number of thioether (sulfide) groups is 1. The molecule has 0 spiro atoms. The van der Waals surface area contributed by atoms with E-state index in [1.54, 1.807) is 6.92 Å². The summed E-state index contributed by atoms with van der Waals surface area (Å²) in [7, 11) is 0. The van der Waals surface area contributed by atoms with Crippen LogP contribution in [0, 0.1) is 0 Å². The number of unbranched alkanes of at least 4 members (excludes halogenated alkanes) is 6. The number of carbonyl (C=O) groups is 1. The van der Waals surface area contributed by atoms with Crippen molar-refractivity contribution in [3.63, 3.8) is 0 Å². The van der Waals surface area contributed by atoms with Gasteiger partial charge in [0, 0.05) is 19.5 Å². The molecular formula is C27H39ClF3NO3S. The van der Waals surface area contributed by atoms with Crippen molar-refractivity contribution in [3.8, 4) is 5.75 Å². The average molecular weight is 550 g/mol. The molecule has 2 unspecified atom stereocenters. The molecule has 2 rings (SSSR count). The number of carbonyl (C=O) groups excluding carboxylic acids is 1. The number of rotatable bonds is 15. The molecule has 1 aliphatic rings. The first-order chi connectivity index (χ1) is 17.0. The SMILES string of the molecule is CCCCCCN(CCCCCC)C(=O)C(C)OC1(C)CC=C(Oc2ccc(C(F)(F)F)cc2Cl)S1. The van der Waals surface area contributed by atoms with Crippen LogP contribution < -0.4 is 4.74 Å². The van der Waals surface area contributed by atoms with Gasteiger partial charge in [-0.05, 0) is 51.0 Å². The summed E-state index contributed by atoms with van der Waals surface area (Å²) in [6, 6.07) is 3.00. The Kier molecular flexibility index (Phi) is 12.4. The summed E-state index contributed by atoms with van der Waals surface area (Å²) in [5.74, 6) is 0.132. The number of hydrogen-bond acceptors (Lipinski definition) is 4. The Labute approximate surface area is 222 Å². The molecule has 9 heteroatoms. The zero-order valence-corrected chi connectivity index (χ0v) is 23.3. The summed E-state index contributed by atoms with van der Waals surface area (Å²) >= 11 is 7.32. The second-order valence-electron chi connectivity index (χ2n) is 9.41. The fourth-order valence-corrected chi connectivity index (χ4v) is 5.34. The highest BCUT2D eigenvalue weighted by atomic mass is 35.5. The summed E-state index contributed by atoms with van der Waals surface area (Å²) in [6.07, 6.45) is 6.01. The summed E-state index contributed by atoms with van der Waals surface area (Å²) in [6.45, 7) is 9.48. The van der Waals surface area contributed by atoms with Crippen molar-refractivity contribution in [1.29, 1.82) is 0 Å². The molecule has 1 heterocycles. The monoisotopic (exact) mass is 549 g/mol. The van der Waals surface area contributed by atoms with Gasteiger partial charge >= 0.3 is 6.18 Å². The van der Waals surface area contributed by atoms with Gasteiger partial charge < -0.3 is 14.4 Å². The number of amides is 1. The lowest BCUT2D eigenvalue weighted by Crippen LogP contribution is -2.43. The van der Waals surface area contributed by atoms with Crippen LogP contribution in [0.15, 0.2) is 29.4 Å². The van der Waals surface area contributed by atoms with Crippen molar-refractivity contribution in [2.45, 2.75) is 103 Å². The summed E-state index contributed by atoms with van der Waals surface area (Å²) < 4.78 is 50.7. The van der Waals surface area contributed by atoms with Gasteiger partial charge in [0.2, 0.25) is 0 Å². The molecule has 1 amide bonds. The second-order valence-corrected chi connectivity index (χ2v) is 11.3. The molecule has 2 atom stereocenters. The molecule has 0 radical (unpaired) electrons. The Morgan fingerprint density at radius 1 is 1.11 bits per heavy atom. The Hall–Kier alpha value is -1.38. The molecule has 0 saturated heterocycles. The predicted molar refractivity (Wildman–Crippen MR) is 141 cm³/mol. The van der Waals surface area contributed by atoms with E-state index in [-0.39, 0.29) is 16.7 Å². The molecule has 0 aliphatic carbocycles. The first kappa shape index (κ1) is 30.8. The van der Waals surface area contributed by atoms with Crippen LogP contribution >= 0.6 is 23.4 Å². The topological polar surface area (TPSA) is 38.8 Å². The van der Waals surface area contributed by atoms with Crippen molar-refractivity contribution in [2.24, 2.45) is 0 Å². The molecule has 0 aromatic heterocycles. The molecule has 204 valence electrons. The first-order valence-corrected chi connectivity index (χ1v) is 14.1. The minimum absolute atomic E-state index is 0.00928. The van der Waals surface area contributed by atoms with Gasteiger partial charge in [-0.1, -0.05) is 75.7 Å². The number of halogens is 4. The standard InChI is InChI=1S/C27H39ClF3NO3S/c1-5-7-9-11-17-32(18-12-10-8-6-2)25(33)20(3)35-26(4)16-15-24(36-26)34-23-14-13-21(19-22(23)28)27(29,30)31/h13-15,19-20H,5-12,16-18H2,1-4H3. The van der Waals surface area contributed by atoms with Crippen LogP contribution in [-0.2, 0) is 15.7 Å². The Balaban J connectivity index is 1.94. The molecule has 4 nitrogen and oxygen atoms in total. The number of ether oxygens (including phenoxy) is 2. The lowest BCUT2D eigenvalue weighted by atomic mass is 10.1. The van der Waals surface area contributed by atoms with Crippen LogP contribution in [0.4, 0.5) is 13.2 Å². The van der Waals surface area contributed by atoms with E-state index in [0.717, 1.165) is 76.6 Å². The van der Waals surface area contributed by atoms with Crippen LogP contribution in [0.2, 0.25) is 5.02 Å². The second kappa shape index (κ2) is 14.5. The lowest BCUT2D eigenvalue weighted by Gasteiger charge is -2.31. The van der Waals surface area contributed by atoms with Gasteiger partial charge in [-0.2, -0.15) is 13.2 Å². The van der Waals surface area contributed by atoms with E-state index < -0.39 is 22.8 Å². The lowest BCUT2D eigenvalue weighted by molar-refractivity contribution is -0.147. The molecular weight excluding hydrogens is 511 g/mol. The minimum atomic E-state index is -4.47. The summed E-state index contributed by atoms with van der Waals surface area (Å²) in [5.41, 5.74) is -0.831. The average Bonchev–Trinajstić information content (AvgIpc) is 3.18. The number of hydrogen-bond donors (Lipinski definition) is 0. The number of nitrogens with zero attached hydrogens (tertiary/aromatic N) is 1. The van der Waals surface area contributed by atoms with Gasteiger partial charge in [0.05, 0.1) is 10.6 Å². The van der Waals surface area contributed by atoms with Crippen LogP contribution in [0.3, 0.4) is 0 Å². The van der Waals surface area contributed by atoms with E-state index in [0.29, 0.717) is 11.5 Å². The molecule has 0 fully saturated rings. The summed E-state index contributed by atoms with van der Waals surface area (Å²) in [5, 5.41) is 0.362. The Bertz CT molecular complexity index is 868. The van der Waals surface area contributed by atoms with Crippen LogP contribution in [0.5, 0.6) is 5.75 Å². The van der Waals surface area contributed by atoms with Crippen molar-refractivity contribution < 1.29 is 27.4 Å². The molecule has 1 aliphatic heterocycles. The van der Waals surface area contributed by atoms with E-state index >= 15 is 0 Å². The number of alkyl halides is 3. The van der Waals surface area contributed by atoms with Crippen molar-refractivity contribution in [2.75, 3.05) is 13.1 Å². The van der Waals surface area contributed by atoms with Crippen molar-refractivity contribution in [1.82, 2.24) is 4.90 Å². The molecule has 1 aromatic rings. The van der Waals surface area contributed by atoms with E-state index in [4.69, 9.17) is 21.1 Å². The van der Waals surface area contributed by atoms with Gasteiger partial charge in [0.25, 0.3) is 5.91 Å². The van der Waals surface area contributed by atoms with Crippen LogP contribution in [0.25, 0.3) is 0 Å². The maximum Gasteiger partial charge on any atom is 0.416 e. The highest BCUT2D eigenvalue weighted by Crippen LogP contribution is 2.45. The molecule has 0 N–H and O–H groups in total. The van der Waals surface area contributed by atoms with Gasteiger partial charge in [-0.25, -0.2) is 0 Å². The smallest absolute Gasteiger partial charge is 0.416 e. The Morgan fingerprint density at radius 3 is 2.25 bits per heavy atom. The highest BCUT2D eigenvalue weighted by molar-refractivity contribution is 8.04. The normalized spacial score (nSPS) is 18.7. The maximum atomic E-state index is 13.3. The van der Waals surface area contributed by atoms with Crippen LogP contribution in [0.1, 0.15) is 91.0 Å². The summed E-state index contributed by atoms with van der Waals surface area (Å²) in [4.78, 5) is 14.5. The zero-order chi connectivity index (χ0) is 26.8. The minimum Gasteiger partial charge on any atom is -0.449 e. The number of benzene rings is 1. The van der Waals surface area contributed by atoms with Crippen LogP contribution in [-0.4, -0.2) is 34.9 Å². The van der Waals surface area contributed by atoms with Crippen molar-refractivity contribution in [3.05, 3.63) is 40.0 Å². The van der Waals surface area contributed by atoms with Gasteiger partial charge in [-0.3, -0.25) is 4.79 Å². The van der Waals surface area contributed by atoms with Gasteiger partial charge in [-0.15, -0.1) is 0 Å². The fraction of sp³-hybridized carbons (Fsp3) is 0.667. The van der Waals surface area contributed by atoms with Gasteiger partial charge in [0.1, 0.15) is 16.8 Å². The van der Waals surface area contributed by atoms with E-state index in [9.17, 15) is 18.0 Å². The highest BCUT2D eigenvalue weighted by Gasteiger charge is 2.37. The molecule has 36 heavy (non-hydrogen) atoms. The van der Waals surface area contributed by atoms with E-state index in [1.165, 1.54) is 17.8 Å². The maximum absolute atomic E-state index is 13.3. The third-order valence-electron chi connectivity index (χ3n) is 6.07. The van der Waals surface area contributed by atoms with Crippen molar-refractivity contribution >= 4 is 29.3 Å². The molecule has 0 bridgehead atoms. The third-order valence-corrected chi connectivity index (χ3v) is 7.52. The van der Waals surface area contributed by atoms with Gasteiger partial charge in [0.15, 0.2) is 5.09 Å². The quantitative estimate of drug-likeness (QED) is 0.205. The predicted octanol–water partition coefficient (Wildman–Crippen LogP) is 8.83. The molecule has 0 saturated carbocycles. The third kappa shape index (κ3) is 9.82. The zero-order valence-electron chi connectivity index (χ0n) is 21.8. The largest absolute Gasteiger partial charge is 0.449 e. The van der Waals surface area contributed by atoms with E-state index in [1.807, 2.05) is 17.9 Å². The Morgan fingerprint density at radius 2 is 1.72 bits per heavy atom. The first-order valence-electron chi connectivity index (χ1n) is 12.9. The molecule has 1 aromatic carbocycles.